The number of rotatable bonds is 7. The minimum atomic E-state index is -0.737. The Labute approximate surface area is 185 Å². The summed E-state index contributed by atoms with van der Waals surface area (Å²) in [6.07, 6.45) is 0. The van der Waals surface area contributed by atoms with Crippen LogP contribution in [0, 0.1) is 19.8 Å². The molecule has 164 valence electrons. The zero-order valence-electron chi connectivity index (χ0n) is 18.5. The van der Waals surface area contributed by atoms with Gasteiger partial charge in [0, 0.05) is 11.6 Å². The minimum absolute atomic E-state index is 0.130. The summed E-state index contributed by atoms with van der Waals surface area (Å²) in [6.45, 7) is 7.79. The molecule has 0 saturated heterocycles. The summed E-state index contributed by atoms with van der Waals surface area (Å²) in [7, 11) is 3.03. The highest BCUT2D eigenvalue weighted by atomic mass is 32.1. The number of carbonyl (C=O) groups excluding carboxylic acids is 2. The van der Waals surface area contributed by atoms with Crippen LogP contribution >= 0.6 is 11.3 Å². The van der Waals surface area contributed by atoms with Gasteiger partial charge in [0.05, 0.1) is 24.4 Å². The van der Waals surface area contributed by atoms with Crippen molar-refractivity contribution in [2.75, 3.05) is 19.5 Å². The first-order chi connectivity index (χ1) is 14.7. The second kappa shape index (κ2) is 9.34. The molecule has 31 heavy (non-hydrogen) atoms. The van der Waals surface area contributed by atoms with Gasteiger partial charge in [-0.3, -0.25) is 9.59 Å². The number of nitrogens with zero attached hydrogens (tertiary/aromatic N) is 1. The van der Waals surface area contributed by atoms with Crippen LogP contribution in [0.1, 0.15) is 35.3 Å². The predicted molar refractivity (Wildman–Crippen MR) is 123 cm³/mol. The fraction of sp³-hybridized carbons (Fsp3) is 0.348. The molecule has 0 aliphatic heterocycles. The maximum atomic E-state index is 13.0. The first-order valence-corrected chi connectivity index (χ1v) is 10.8. The summed E-state index contributed by atoms with van der Waals surface area (Å²) in [5.41, 5.74) is 3.43. The zero-order valence-corrected chi connectivity index (χ0v) is 19.3. The molecule has 3 rings (SSSR count). The van der Waals surface area contributed by atoms with Crippen molar-refractivity contribution in [2.24, 2.45) is 5.92 Å². The Morgan fingerprint density at radius 3 is 2.23 bits per heavy atom. The molecule has 2 amide bonds. The SMILES string of the molecule is COc1cc(OC)cc(C(=O)NC(C(=O)Nc2nc3c(C)cc(C)cc3s2)C(C)C)c1. The normalized spacial score (nSPS) is 12.0. The van der Waals surface area contributed by atoms with Crippen LogP contribution in [0.4, 0.5) is 5.13 Å². The van der Waals surface area contributed by atoms with Crippen LogP contribution in [-0.4, -0.2) is 37.1 Å². The molecule has 0 bridgehead atoms. The smallest absolute Gasteiger partial charge is 0.252 e. The Kier molecular flexibility index (Phi) is 6.80. The maximum Gasteiger partial charge on any atom is 0.252 e. The van der Waals surface area contributed by atoms with E-state index in [1.807, 2.05) is 33.8 Å². The van der Waals surface area contributed by atoms with Crippen LogP contribution in [0.5, 0.6) is 11.5 Å². The highest BCUT2D eigenvalue weighted by Crippen LogP contribution is 2.29. The van der Waals surface area contributed by atoms with Crippen molar-refractivity contribution < 1.29 is 19.1 Å². The molecule has 1 unspecified atom stereocenters. The number of aromatic nitrogens is 1. The monoisotopic (exact) mass is 441 g/mol. The van der Waals surface area contributed by atoms with Gasteiger partial charge in [-0.1, -0.05) is 31.3 Å². The number of hydrogen-bond donors (Lipinski definition) is 2. The average molecular weight is 442 g/mol. The van der Waals surface area contributed by atoms with E-state index in [-0.39, 0.29) is 17.7 Å². The lowest BCUT2D eigenvalue weighted by Crippen LogP contribution is -2.47. The number of aryl methyl sites for hydroxylation is 2. The molecular formula is C23H27N3O4S. The van der Waals surface area contributed by atoms with Crippen LogP contribution in [-0.2, 0) is 4.79 Å². The summed E-state index contributed by atoms with van der Waals surface area (Å²) in [6, 6.07) is 8.26. The number of ether oxygens (including phenoxy) is 2. The Morgan fingerprint density at radius 1 is 1.00 bits per heavy atom. The predicted octanol–water partition coefficient (Wildman–Crippen LogP) is 4.32. The molecule has 2 N–H and O–H groups in total. The molecule has 7 nitrogen and oxygen atoms in total. The van der Waals surface area contributed by atoms with Crippen molar-refractivity contribution in [3.63, 3.8) is 0 Å². The average Bonchev–Trinajstić information content (AvgIpc) is 3.13. The van der Waals surface area contributed by atoms with E-state index in [1.54, 1.807) is 18.2 Å². The zero-order chi connectivity index (χ0) is 22.7. The Bertz CT molecular complexity index is 1100. The second-order valence-electron chi connectivity index (χ2n) is 7.73. The molecule has 8 heteroatoms. The van der Waals surface area contributed by atoms with E-state index in [0.717, 1.165) is 21.3 Å². The largest absolute Gasteiger partial charge is 0.497 e. The molecule has 0 fully saturated rings. The molecule has 0 aliphatic rings. The number of methoxy groups -OCH3 is 2. The van der Waals surface area contributed by atoms with E-state index in [4.69, 9.17) is 9.47 Å². The Hall–Kier alpha value is -3.13. The molecule has 3 aromatic rings. The third kappa shape index (κ3) is 5.14. The van der Waals surface area contributed by atoms with Gasteiger partial charge in [0.25, 0.3) is 5.91 Å². The van der Waals surface area contributed by atoms with Crippen molar-refractivity contribution >= 4 is 38.5 Å². The van der Waals surface area contributed by atoms with Gasteiger partial charge in [-0.2, -0.15) is 0 Å². The molecule has 2 aromatic carbocycles. The number of fused-ring (bicyclic) bond motifs is 1. The molecular weight excluding hydrogens is 414 g/mol. The third-order valence-corrected chi connectivity index (χ3v) is 5.83. The van der Waals surface area contributed by atoms with Gasteiger partial charge < -0.3 is 20.1 Å². The van der Waals surface area contributed by atoms with Crippen molar-refractivity contribution in [2.45, 2.75) is 33.7 Å². The molecule has 1 heterocycles. The fourth-order valence-corrected chi connectivity index (χ4v) is 4.35. The summed E-state index contributed by atoms with van der Waals surface area (Å²) in [5, 5.41) is 6.20. The van der Waals surface area contributed by atoms with Gasteiger partial charge in [0.2, 0.25) is 5.91 Å². The van der Waals surface area contributed by atoms with E-state index in [9.17, 15) is 9.59 Å². The highest BCUT2D eigenvalue weighted by Gasteiger charge is 2.26. The second-order valence-corrected chi connectivity index (χ2v) is 8.76. The number of amides is 2. The first-order valence-electron chi connectivity index (χ1n) is 9.94. The van der Waals surface area contributed by atoms with Gasteiger partial charge in [-0.15, -0.1) is 0 Å². The van der Waals surface area contributed by atoms with Gasteiger partial charge in [-0.25, -0.2) is 4.98 Å². The van der Waals surface area contributed by atoms with Crippen LogP contribution in [0.15, 0.2) is 30.3 Å². The van der Waals surface area contributed by atoms with Gasteiger partial charge in [-0.05, 0) is 49.1 Å². The number of nitrogens with one attached hydrogen (secondary N) is 2. The number of benzene rings is 2. The topological polar surface area (TPSA) is 89.5 Å². The lowest BCUT2D eigenvalue weighted by molar-refractivity contribution is -0.118. The first kappa shape index (κ1) is 22.6. The molecule has 0 aliphatic carbocycles. The lowest BCUT2D eigenvalue weighted by atomic mass is 10.0. The summed E-state index contributed by atoms with van der Waals surface area (Å²) in [4.78, 5) is 30.4. The maximum absolute atomic E-state index is 13.0. The van der Waals surface area contributed by atoms with Crippen molar-refractivity contribution in [3.05, 3.63) is 47.0 Å². The standard InChI is InChI=1S/C23H27N3O4S/c1-12(2)19(24-21(27)15-9-16(29-5)11-17(10-15)30-6)22(28)26-23-25-20-14(4)7-13(3)8-18(20)31-23/h7-12,19H,1-6H3,(H,24,27)(H,25,26,28). The van der Waals surface area contributed by atoms with Gasteiger partial charge in [0.1, 0.15) is 17.5 Å². The van der Waals surface area contributed by atoms with E-state index in [2.05, 4.69) is 21.7 Å². The molecule has 0 saturated carbocycles. The van der Waals surface area contributed by atoms with Crippen LogP contribution in [0.25, 0.3) is 10.2 Å². The molecule has 1 atom stereocenters. The molecule has 0 spiro atoms. The van der Waals surface area contributed by atoms with Gasteiger partial charge in [0.15, 0.2) is 5.13 Å². The van der Waals surface area contributed by atoms with Crippen molar-refractivity contribution in [3.8, 4) is 11.5 Å². The van der Waals surface area contributed by atoms with E-state index in [0.29, 0.717) is 22.2 Å². The fourth-order valence-electron chi connectivity index (χ4n) is 3.31. The Balaban J connectivity index is 1.80. The number of anilines is 1. The third-order valence-electron chi connectivity index (χ3n) is 4.91. The molecule has 1 aromatic heterocycles. The number of carbonyl (C=O) groups is 2. The van der Waals surface area contributed by atoms with E-state index >= 15 is 0 Å². The highest BCUT2D eigenvalue weighted by molar-refractivity contribution is 7.22. The van der Waals surface area contributed by atoms with Gasteiger partial charge >= 0.3 is 0 Å². The number of hydrogen-bond acceptors (Lipinski definition) is 6. The lowest BCUT2D eigenvalue weighted by Gasteiger charge is -2.21. The van der Waals surface area contributed by atoms with Crippen molar-refractivity contribution in [1.82, 2.24) is 10.3 Å². The minimum Gasteiger partial charge on any atom is -0.497 e. The van der Waals surface area contributed by atoms with Crippen molar-refractivity contribution in [1.29, 1.82) is 0 Å². The summed E-state index contributed by atoms with van der Waals surface area (Å²) < 4.78 is 11.5. The summed E-state index contributed by atoms with van der Waals surface area (Å²) >= 11 is 1.42. The Morgan fingerprint density at radius 2 is 1.65 bits per heavy atom. The summed E-state index contributed by atoms with van der Waals surface area (Å²) in [5.74, 6) is 0.161. The van der Waals surface area contributed by atoms with E-state index < -0.39 is 6.04 Å². The van der Waals surface area contributed by atoms with Crippen LogP contribution in [0.3, 0.4) is 0 Å². The number of thiazole rings is 1. The van der Waals surface area contributed by atoms with Crippen LogP contribution in [0.2, 0.25) is 0 Å². The molecule has 0 radical (unpaired) electrons. The van der Waals surface area contributed by atoms with E-state index in [1.165, 1.54) is 25.6 Å². The quantitative estimate of drug-likeness (QED) is 0.570. The van der Waals surface area contributed by atoms with Crippen LogP contribution < -0.4 is 20.1 Å².